The number of thioether (sulfide) groups is 1. The molecular weight excluding hydrogens is 505 g/mol. The zero-order valence-electron chi connectivity index (χ0n) is 18.4. The van der Waals surface area contributed by atoms with Crippen LogP contribution in [0.25, 0.3) is 0 Å². The van der Waals surface area contributed by atoms with Gasteiger partial charge in [0.15, 0.2) is 11.4 Å². The molecule has 188 valence electrons. The molecule has 2 aliphatic heterocycles. The molecule has 0 saturated carbocycles. The third-order valence-corrected chi connectivity index (χ3v) is 7.32. The van der Waals surface area contributed by atoms with Gasteiger partial charge in [0.2, 0.25) is 5.43 Å². The van der Waals surface area contributed by atoms with Crippen LogP contribution in [-0.2, 0) is 5.75 Å². The molecule has 6 nitrogen and oxygen atoms in total. The minimum atomic E-state index is -5.90. The van der Waals surface area contributed by atoms with Crippen LogP contribution in [0.15, 0.2) is 70.5 Å². The fourth-order valence-electron chi connectivity index (χ4n) is 4.46. The summed E-state index contributed by atoms with van der Waals surface area (Å²) in [4.78, 5) is 26.4. The Morgan fingerprint density at radius 1 is 0.944 bits per heavy atom. The van der Waals surface area contributed by atoms with E-state index in [1.165, 1.54) is 23.0 Å². The zero-order chi connectivity index (χ0) is 25.8. The SMILES string of the molecule is O=C1c2c(O)c(=O)ccn2N(C2c3ccccc3CSc3ccccc32)CN1CC(F)(F)C(F)(F)F. The Balaban J connectivity index is 1.72. The third kappa shape index (κ3) is 3.89. The number of fused-ring (bicyclic) bond motifs is 3. The number of carbonyl (C=O) groups excluding carboxylic acids is 1. The normalized spacial score (nSPS) is 17.8. The second-order valence-corrected chi connectivity index (χ2v) is 9.45. The summed E-state index contributed by atoms with van der Waals surface area (Å²) < 4.78 is 68.5. The molecule has 0 aliphatic carbocycles. The Bertz CT molecular complexity index is 1360. The highest BCUT2D eigenvalue weighted by atomic mass is 32.2. The first-order chi connectivity index (χ1) is 17.0. The monoisotopic (exact) mass is 523 g/mol. The lowest BCUT2D eigenvalue weighted by Crippen LogP contribution is -2.59. The van der Waals surface area contributed by atoms with Crippen molar-refractivity contribution in [2.24, 2.45) is 0 Å². The summed E-state index contributed by atoms with van der Waals surface area (Å²) in [5.41, 5.74) is 0.735. The van der Waals surface area contributed by atoms with Gasteiger partial charge in [-0.1, -0.05) is 42.5 Å². The van der Waals surface area contributed by atoms with Crippen molar-refractivity contribution < 1.29 is 31.9 Å². The van der Waals surface area contributed by atoms with Gasteiger partial charge in [-0.05, 0) is 22.8 Å². The number of benzene rings is 2. The predicted octanol–water partition coefficient (Wildman–Crippen LogP) is 4.50. The zero-order valence-corrected chi connectivity index (χ0v) is 19.2. The highest BCUT2D eigenvalue weighted by molar-refractivity contribution is 7.98. The molecular formula is C24H18F5N3O3S. The molecule has 0 saturated heterocycles. The molecule has 1 aromatic heterocycles. The summed E-state index contributed by atoms with van der Waals surface area (Å²) in [6.07, 6.45) is -4.69. The van der Waals surface area contributed by atoms with Crippen molar-refractivity contribution in [3.8, 4) is 5.75 Å². The van der Waals surface area contributed by atoms with Crippen molar-refractivity contribution >= 4 is 17.7 Å². The number of halogens is 5. The standard InChI is InChI=1S/C24H18F5N3O3S/c25-23(26,24(27,28)29)12-30-13-32(31-10-9-17(33)21(34)20(31)22(30)35)19-15-6-2-1-5-14(15)11-36-18-8-4-3-7-16(18)19/h1-10,19,34H,11-13H2. The smallest absolute Gasteiger partial charge is 0.455 e. The van der Waals surface area contributed by atoms with Crippen molar-refractivity contribution in [3.05, 3.63) is 93.4 Å². The number of rotatable bonds is 3. The number of amides is 1. The first-order valence-corrected chi connectivity index (χ1v) is 11.7. The van der Waals surface area contributed by atoms with Crippen LogP contribution in [-0.4, -0.2) is 45.9 Å². The number of alkyl halides is 5. The van der Waals surface area contributed by atoms with Gasteiger partial charge in [0.25, 0.3) is 5.91 Å². The van der Waals surface area contributed by atoms with E-state index in [0.717, 1.165) is 32.3 Å². The number of nitrogens with zero attached hydrogens (tertiary/aromatic N) is 3. The van der Waals surface area contributed by atoms with Gasteiger partial charge in [-0.2, -0.15) is 22.0 Å². The Hall–Kier alpha value is -3.54. The average molecular weight is 523 g/mol. The van der Waals surface area contributed by atoms with E-state index in [2.05, 4.69) is 0 Å². The topological polar surface area (TPSA) is 65.8 Å². The first-order valence-electron chi connectivity index (χ1n) is 10.7. The minimum absolute atomic E-state index is 0.311. The van der Waals surface area contributed by atoms with E-state index in [1.54, 1.807) is 12.1 Å². The fourth-order valence-corrected chi connectivity index (χ4v) is 5.55. The van der Waals surface area contributed by atoms with Crippen LogP contribution in [0.2, 0.25) is 0 Å². The summed E-state index contributed by atoms with van der Waals surface area (Å²) in [7, 11) is 0. The lowest BCUT2D eigenvalue weighted by Gasteiger charge is -2.44. The van der Waals surface area contributed by atoms with E-state index in [1.807, 2.05) is 36.4 Å². The quantitative estimate of drug-likeness (QED) is 0.513. The molecule has 1 atom stereocenters. The van der Waals surface area contributed by atoms with Gasteiger partial charge in [-0.3, -0.25) is 19.3 Å². The summed E-state index contributed by atoms with van der Waals surface area (Å²) >= 11 is 1.54. The summed E-state index contributed by atoms with van der Waals surface area (Å²) in [6, 6.07) is 14.9. The number of aromatic hydroxyl groups is 1. The first kappa shape index (κ1) is 24.2. The molecule has 12 heteroatoms. The molecule has 0 spiro atoms. The second kappa shape index (κ2) is 8.54. The summed E-state index contributed by atoms with van der Waals surface area (Å²) in [5, 5.41) is 11.8. The molecule has 2 aromatic carbocycles. The molecule has 1 unspecified atom stereocenters. The highest BCUT2D eigenvalue weighted by Crippen LogP contribution is 2.43. The van der Waals surface area contributed by atoms with E-state index in [9.17, 15) is 36.6 Å². The van der Waals surface area contributed by atoms with E-state index in [-0.39, 0.29) is 0 Å². The Kier molecular flexibility index (Phi) is 5.73. The van der Waals surface area contributed by atoms with Gasteiger partial charge in [-0.15, -0.1) is 11.8 Å². The number of pyridine rings is 1. The fraction of sp³-hybridized carbons (Fsp3) is 0.250. The number of hydrogen-bond donors (Lipinski definition) is 1. The van der Waals surface area contributed by atoms with Crippen LogP contribution in [0.1, 0.15) is 33.2 Å². The predicted molar refractivity (Wildman–Crippen MR) is 122 cm³/mol. The van der Waals surface area contributed by atoms with Crippen LogP contribution in [0.5, 0.6) is 5.75 Å². The second-order valence-electron chi connectivity index (χ2n) is 8.44. The average Bonchev–Trinajstić information content (AvgIpc) is 2.99. The Labute approximate surface area is 205 Å². The number of aromatic nitrogens is 1. The van der Waals surface area contributed by atoms with Crippen molar-refractivity contribution in [1.82, 2.24) is 9.58 Å². The maximum absolute atomic E-state index is 14.1. The van der Waals surface area contributed by atoms with E-state index in [0.29, 0.717) is 10.7 Å². The minimum Gasteiger partial charge on any atom is -0.502 e. The molecule has 5 rings (SSSR count). The molecule has 1 N–H and O–H groups in total. The van der Waals surface area contributed by atoms with Crippen molar-refractivity contribution in [3.63, 3.8) is 0 Å². The molecule has 3 heterocycles. The van der Waals surface area contributed by atoms with Gasteiger partial charge in [-0.25, -0.2) is 0 Å². The molecule has 1 amide bonds. The lowest BCUT2D eigenvalue weighted by atomic mass is 9.94. The van der Waals surface area contributed by atoms with Gasteiger partial charge < -0.3 is 10.0 Å². The van der Waals surface area contributed by atoms with E-state index < -0.39 is 54.1 Å². The Morgan fingerprint density at radius 3 is 2.33 bits per heavy atom. The maximum Gasteiger partial charge on any atom is 0.455 e. The largest absolute Gasteiger partial charge is 0.502 e. The molecule has 0 radical (unpaired) electrons. The van der Waals surface area contributed by atoms with Gasteiger partial charge in [0.05, 0.1) is 12.6 Å². The lowest BCUT2D eigenvalue weighted by molar-refractivity contribution is -0.284. The molecule has 3 aromatic rings. The number of carbonyl (C=O) groups is 1. The summed E-state index contributed by atoms with van der Waals surface area (Å²) in [5.74, 6) is -6.97. The summed E-state index contributed by atoms with van der Waals surface area (Å²) in [6.45, 7) is -2.63. The maximum atomic E-state index is 14.1. The van der Waals surface area contributed by atoms with Crippen molar-refractivity contribution in [2.75, 3.05) is 18.2 Å². The molecule has 0 bridgehead atoms. The Morgan fingerprint density at radius 2 is 1.61 bits per heavy atom. The van der Waals surface area contributed by atoms with Gasteiger partial charge in [0, 0.05) is 22.9 Å². The van der Waals surface area contributed by atoms with Crippen molar-refractivity contribution in [2.45, 2.75) is 28.8 Å². The van der Waals surface area contributed by atoms with Crippen LogP contribution in [0.4, 0.5) is 22.0 Å². The van der Waals surface area contributed by atoms with E-state index in [4.69, 9.17) is 0 Å². The third-order valence-electron chi connectivity index (χ3n) is 6.18. The van der Waals surface area contributed by atoms with Crippen LogP contribution >= 0.6 is 11.8 Å². The number of hydrogen-bond acceptors (Lipinski definition) is 5. The van der Waals surface area contributed by atoms with Crippen molar-refractivity contribution in [1.29, 1.82) is 0 Å². The van der Waals surface area contributed by atoms with Crippen LogP contribution in [0, 0.1) is 0 Å². The van der Waals surface area contributed by atoms with E-state index >= 15 is 0 Å². The van der Waals surface area contributed by atoms with Crippen LogP contribution in [0.3, 0.4) is 0 Å². The molecule has 36 heavy (non-hydrogen) atoms. The molecule has 0 fully saturated rings. The highest BCUT2D eigenvalue weighted by Gasteiger charge is 2.59. The van der Waals surface area contributed by atoms with Crippen LogP contribution < -0.4 is 10.4 Å². The van der Waals surface area contributed by atoms with Gasteiger partial charge >= 0.3 is 12.1 Å². The van der Waals surface area contributed by atoms with Gasteiger partial charge in [0.1, 0.15) is 6.67 Å². The molecule has 2 aliphatic rings.